The molecule has 1 atom stereocenters. The Balaban J connectivity index is 1.23. The normalized spacial score (nSPS) is 18.4. The van der Waals surface area contributed by atoms with E-state index < -0.39 is 5.41 Å². The summed E-state index contributed by atoms with van der Waals surface area (Å²) in [7, 11) is 2.14. The van der Waals surface area contributed by atoms with E-state index >= 15 is 0 Å². The first-order valence-electron chi connectivity index (χ1n) is 12.9. The van der Waals surface area contributed by atoms with Gasteiger partial charge in [0.15, 0.2) is 0 Å². The number of carbonyl (C=O) groups excluding carboxylic acids is 1. The molecule has 2 aromatic carbocycles. The van der Waals surface area contributed by atoms with Gasteiger partial charge in [0.05, 0.1) is 42.7 Å². The van der Waals surface area contributed by atoms with Gasteiger partial charge in [-0.15, -0.1) is 0 Å². The molecule has 1 amide bonds. The number of benzene rings is 2. The molecule has 0 radical (unpaired) electrons. The summed E-state index contributed by atoms with van der Waals surface area (Å²) in [5, 5.41) is 13.6. The average Bonchev–Trinajstić information content (AvgIpc) is 2.95. The largest absolute Gasteiger partial charge is 0.375 e. The fourth-order valence-electron chi connectivity index (χ4n) is 5.52. The first kappa shape index (κ1) is 24.1. The Hall–Kier alpha value is -4.28. The molecule has 2 aliphatic heterocycles. The Labute approximate surface area is 222 Å². The van der Waals surface area contributed by atoms with Crippen LogP contribution < -0.4 is 10.2 Å². The van der Waals surface area contributed by atoms with Crippen molar-refractivity contribution in [2.45, 2.75) is 38.3 Å². The number of anilines is 1. The van der Waals surface area contributed by atoms with Crippen LogP contribution in [0.4, 0.5) is 5.69 Å². The zero-order valence-corrected chi connectivity index (χ0v) is 21.6. The molecule has 0 bridgehead atoms. The Morgan fingerprint density at radius 3 is 2.97 bits per heavy atom. The van der Waals surface area contributed by atoms with Gasteiger partial charge in [-0.25, -0.2) is 4.98 Å². The van der Waals surface area contributed by atoms with Crippen molar-refractivity contribution in [2.24, 2.45) is 0 Å². The molecule has 7 nitrogen and oxygen atoms in total. The lowest BCUT2D eigenvalue weighted by Gasteiger charge is -2.30. The molecule has 0 spiro atoms. The molecule has 0 saturated carbocycles. The summed E-state index contributed by atoms with van der Waals surface area (Å²) in [5.41, 5.74) is 7.88. The highest BCUT2D eigenvalue weighted by molar-refractivity contribution is 5.94. The number of nitrogens with zero attached hydrogens (tertiary/aromatic N) is 4. The maximum absolute atomic E-state index is 13.0. The monoisotopic (exact) mass is 503 g/mol. The standard InChI is InChI=1S/C31H29N5O2/c1-31(18-32)19-38-17-22-9-8-20(13-26(22)31)30(37)34-16-23-14-28-21(15-33-23)10-11-27(35-28)24-5-3-7-29-25(24)6-4-12-36(29)2/h3,5,7-11,13-15H,4,6,12,16-17,19H2,1-2H3,(H,34,37)/t31-/m1/s1. The molecule has 38 heavy (non-hydrogen) atoms. The van der Waals surface area contributed by atoms with Crippen LogP contribution in [0.3, 0.4) is 0 Å². The SMILES string of the molecule is CN1CCCc2c(-c3ccc4cnc(CNC(=O)c5ccc6c(c5)[C@](C)(C#N)COC6)cc4n3)cccc21. The summed E-state index contributed by atoms with van der Waals surface area (Å²) in [6.45, 7) is 3.96. The molecule has 1 N–H and O–H groups in total. The summed E-state index contributed by atoms with van der Waals surface area (Å²) in [5.74, 6) is -0.205. The van der Waals surface area contributed by atoms with Crippen LogP contribution in [0.25, 0.3) is 22.2 Å². The van der Waals surface area contributed by atoms with Crippen LogP contribution in [0.2, 0.25) is 0 Å². The van der Waals surface area contributed by atoms with Gasteiger partial charge in [-0.05, 0) is 72.9 Å². The highest BCUT2D eigenvalue weighted by Crippen LogP contribution is 2.35. The Morgan fingerprint density at radius 1 is 1.21 bits per heavy atom. The molecule has 2 aromatic heterocycles. The van der Waals surface area contributed by atoms with Crippen LogP contribution in [0.15, 0.2) is 60.8 Å². The molecule has 0 aliphatic carbocycles. The van der Waals surface area contributed by atoms with E-state index in [4.69, 9.17) is 9.72 Å². The van der Waals surface area contributed by atoms with Crippen LogP contribution >= 0.6 is 0 Å². The summed E-state index contributed by atoms with van der Waals surface area (Å²) >= 11 is 0. The molecule has 4 aromatic rings. The van der Waals surface area contributed by atoms with Gasteiger partial charge < -0.3 is 15.0 Å². The van der Waals surface area contributed by atoms with Crippen molar-refractivity contribution < 1.29 is 9.53 Å². The molecular formula is C31H29N5O2. The van der Waals surface area contributed by atoms with E-state index in [2.05, 4.69) is 58.6 Å². The lowest BCUT2D eigenvalue weighted by Crippen LogP contribution is -2.33. The summed E-state index contributed by atoms with van der Waals surface area (Å²) < 4.78 is 5.57. The van der Waals surface area contributed by atoms with Gasteiger partial charge in [-0.2, -0.15) is 5.26 Å². The maximum atomic E-state index is 13.0. The lowest BCUT2D eigenvalue weighted by molar-refractivity contribution is 0.0757. The van der Waals surface area contributed by atoms with Crippen LogP contribution in [0.1, 0.15) is 46.1 Å². The zero-order chi connectivity index (χ0) is 26.3. The number of aromatic nitrogens is 2. The number of carbonyl (C=O) groups is 1. The van der Waals surface area contributed by atoms with Gasteiger partial charge >= 0.3 is 0 Å². The van der Waals surface area contributed by atoms with Crippen molar-refractivity contribution in [3.05, 3.63) is 88.7 Å². The third-order valence-electron chi connectivity index (χ3n) is 7.68. The highest BCUT2D eigenvalue weighted by atomic mass is 16.5. The summed E-state index contributed by atoms with van der Waals surface area (Å²) in [6.07, 6.45) is 3.99. The molecular weight excluding hydrogens is 474 g/mol. The second-order valence-corrected chi connectivity index (χ2v) is 10.4. The van der Waals surface area contributed by atoms with Gasteiger partial charge in [0, 0.05) is 42.0 Å². The van der Waals surface area contributed by atoms with Crippen LogP contribution in [0, 0.1) is 11.3 Å². The molecule has 7 heteroatoms. The third kappa shape index (κ3) is 4.27. The molecule has 6 rings (SSSR count). The smallest absolute Gasteiger partial charge is 0.251 e. The third-order valence-corrected chi connectivity index (χ3v) is 7.68. The van der Waals surface area contributed by atoms with Gasteiger partial charge in [0.1, 0.15) is 5.41 Å². The molecule has 0 fully saturated rings. The average molecular weight is 504 g/mol. The van der Waals surface area contributed by atoms with E-state index in [1.807, 2.05) is 25.1 Å². The van der Waals surface area contributed by atoms with E-state index in [-0.39, 0.29) is 12.5 Å². The summed E-state index contributed by atoms with van der Waals surface area (Å²) in [4.78, 5) is 24.8. The van der Waals surface area contributed by atoms with Crippen LogP contribution in [-0.4, -0.2) is 36.1 Å². The number of fused-ring (bicyclic) bond motifs is 3. The number of hydrogen-bond acceptors (Lipinski definition) is 6. The Morgan fingerprint density at radius 2 is 2.11 bits per heavy atom. The summed E-state index contributed by atoms with van der Waals surface area (Å²) in [6, 6.07) is 20.3. The number of nitriles is 1. The Kier molecular flexibility index (Phi) is 6.05. The quantitative estimate of drug-likeness (QED) is 0.425. The van der Waals surface area contributed by atoms with E-state index in [1.54, 1.807) is 12.3 Å². The van der Waals surface area contributed by atoms with Crippen LogP contribution in [0.5, 0.6) is 0 Å². The van der Waals surface area contributed by atoms with Crippen molar-refractivity contribution >= 4 is 22.5 Å². The van der Waals surface area contributed by atoms with Gasteiger partial charge in [0.2, 0.25) is 0 Å². The molecule has 4 heterocycles. The van der Waals surface area contributed by atoms with Crippen molar-refractivity contribution in [1.29, 1.82) is 5.26 Å². The predicted octanol–water partition coefficient (Wildman–Crippen LogP) is 4.92. The van der Waals surface area contributed by atoms with Gasteiger partial charge in [-0.3, -0.25) is 9.78 Å². The van der Waals surface area contributed by atoms with Crippen molar-refractivity contribution in [2.75, 3.05) is 25.1 Å². The van der Waals surface area contributed by atoms with Crippen molar-refractivity contribution in [1.82, 2.24) is 15.3 Å². The van der Waals surface area contributed by atoms with E-state index in [9.17, 15) is 10.1 Å². The van der Waals surface area contributed by atoms with E-state index in [0.29, 0.717) is 18.8 Å². The minimum atomic E-state index is -0.763. The van der Waals surface area contributed by atoms with Crippen LogP contribution in [-0.2, 0) is 29.7 Å². The van der Waals surface area contributed by atoms with E-state index in [1.165, 1.54) is 16.8 Å². The topological polar surface area (TPSA) is 91.1 Å². The predicted molar refractivity (Wildman–Crippen MR) is 147 cm³/mol. The number of nitrogens with one attached hydrogen (secondary N) is 1. The first-order chi connectivity index (χ1) is 18.4. The molecule has 2 aliphatic rings. The number of ether oxygens (including phenoxy) is 1. The number of hydrogen-bond donors (Lipinski definition) is 1. The number of rotatable bonds is 4. The van der Waals surface area contributed by atoms with Gasteiger partial charge in [-0.1, -0.05) is 18.2 Å². The minimum Gasteiger partial charge on any atom is -0.375 e. The van der Waals surface area contributed by atoms with Gasteiger partial charge in [0.25, 0.3) is 5.91 Å². The minimum absolute atomic E-state index is 0.205. The molecule has 0 saturated heterocycles. The second kappa shape index (κ2) is 9.55. The molecule has 190 valence electrons. The number of pyridine rings is 2. The lowest BCUT2D eigenvalue weighted by atomic mass is 9.79. The first-order valence-corrected chi connectivity index (χ1v) is 12.9. The maximum Gasteiger partial charge on any atom is 0.251 e. The molecule has 0 unspecified atom stereocenters. The highest BCUT2D eigenvalue weighted by Gasteiger charge is 2.33. The fourth-order valence-corrected chi connectivity index (χ4v) is 5.52. The van der Waals surface area contributed by atoms with Crippen molar-refractivity contribution in [3.8, 4) is 17.3 Å². The Bertz CT molecular complexity index is 1610. The second-order valence-electron chi connectivity index (χ2n) is 10.4. The van der Waals surface area contributed by atoms with Crippen molar-refractivity contribution in [3.63, 3.8) is 0 Å². The number of amides is 1. The fraction of sp³-hybridized carbons (Fsp3) is 0.290. The van der Waals surface area contributed by atoms with E-state index in [0.717, 1.165) is 52.8 Å². The zero-order valence-electron chi connectivity index (χ0n) is 21.6.